The number of halogens is 1. The van der Waals surface area contributed by atoms with Gasteiger partial charge in [0.25, 0.3) is 5.69 Å². The molecule has 0 spiro atoms. The molecule has 0 bridgehead atoms. The second kappa shape index (κ2) is 6.03. The SMILES string of the molecule is N#C/C(C=O)=C\c1ccc(-c2ccc(Cl)c([N+](=O)[O-])c2)o1. The molecule has 21 heavy (non-hydrogen) atoms. The number of nitrogens with zero attached hydrogens (tertiary/aromatic N) is 2. The van der Waals surface area contributed by atoms with Crippen LogP contribution < -0.4 is 0 Å². The zero-order valence-electron chi connectivity index (χ0n) is 10.4. The van der Waals surface area contributed by atoms with Crippen LogP contribution in [0.3, 0.4) is 0 Å². The van der Waals surface area contributed by atoms with E-state index in [4.69, 9.17) is 21.3 Å². The first-order valence-electron chi connectivity index (χ1n) is 5.66. The van der Waals surface area contributed by atoms with Crippen LogP contribution in [0.25, 0.3) is 17.4 Å². The van der Waals surface area contributed by atoms with Crippen LogP contribution >= 0.6 is 11.6 Å². The van der Waals surface area contributed by atoms with E-state index in [2.05, 4.69) is 0 Å². The Morgan fingerprint density at radius 3 is 2.76 bits per heavy atom. The predicted octanol–water partition coefficient (Wildman–Crippen LogP) is 3.61. The number of hydrogen-bond donors (Lipinski definition) is 0. The molecule has 0 radical (unpaired) electrons. The van der Waals surface area contributed by atoms with Crippen molar-refractivity contribution in [1.29, 1.82) is 5.26 Å². The fraction of sp³-hybridized carbons (Fsp3) is 0. The summed E-state index contributed by atoms with van der Waals surface area (Å²) < 4.78 is 5.43. The van der Waals surface area contributed by atoms with E-state index >= 15 is 0 Å². The van der Waals surface area contributed by atoms with Crippen LogP contribution in [0.2, 0.25) is 5.02 Å². The van der Waals surface area contributed by atoms with Crippen LogP contribution in [0.4, 0.5) is 5.69 Å². The van der Waals surface area contributed by atoms with E-state index in [0.29, 0.717) is 23.4 Å². The molecule has 0 unspecified atom stereocenters. The van der Waals surface area contributed by atoms with Crippen molar-refractivity contribution in [3.63, 3.8) is 0 Å². The van der Waals surface area contributed by atoms with E-state index in [0.717, 1.165) is 0 Å². The zero-order chi connectivity index (χ0) is 15.4. The Hall–Kier alpha value is -2.91. The second-order valence-electron chi connectivity index (χ2n) is 3.95. The fourth-order valence-electron chi connectivity index (χ4n) is 1.64. The van der Waals surface area contributed by atoms with Gasteiger partial charge in [0, 0.05) is 17.7 Å². The molecule has 0 saturated carbocycles. The van der Waals surface area contributed by atoms with Gasteiger partial charge in [-0.1, -0.05) is 11.6 Å². The third-order valence-electron chi connectivity index (χ3n) is 2.61. The van der Waals surface area contributed by atoms with E-state index in [1.165, 1.54) is 18.2 Å². The summed E-state index contributed by atoms with van der Waals surface area (Å²) in [4.78, 5) is 20.8. The van der Waals surface area contributed by atoms with Crippen molar-refractivity contribution < 1.29 is 14.1 Å². The van der Waals surface area contributed by atoms with Gasteiger partial charge < -0.3 is 4.42 Å². The molecule has 2 rings (SSSR count). The predicted molar refractivity (Wildman–Crippen MR) is 75.5 cm³/mol. The molecule has 104 valence electrons. The summed E-state index contributed by atoms with van der Waals surface area (Å²) in [6, 6.07) is 9.11. The lowest BCUT2D eigenvalue weighted by atomic mass is 10.1. The molecule has 1 aromatic heterocycles. The van der Waals surface area contributed by atoms with E-state index in [-0.39, 0.29) is 16.3 Å². The van der Waals surface area contributed by atoms with Crippen LogP contribution in [0.1, 0.15) is 5.76 Å². The highest BCUT2D eigenvalue weighted by atomic mass is 35.5. The number of carbonyl (C=O) groups excluding carboxylic acids is 1. The van der Waals surface area contributed by atoms with Gasteiger partial charge in [0.15, 0.2) is 6.29 Å². The molecular formula is C14H7ClN2O4. The van der Waals surface area contributed by atoms with Crippen LogP contribution in [-0.4, -0.2) is 11.2 Å². The molecule has 0 saturated heterocycles. The van der Waals surface area contributed by atoms with E-state index in [1.54, 1.807) is 24.3 Å². The largest absolute Gasteiger partial charge is 0.457 e. The highest BCUT2D eigenvalue weighted by Gasteiger charge is 2.15. The molecule has 0 aliphatic rings. The van der Waals surface area contributed by atoms with E-state index < -0.39 is 4.92 Å². The van der Waals surface area contributed by atoms with Crippen LogP contribution in [-0.2, 0) is 4.79 Å². The number of hydrogen-bond acceptors (Lipinski definition) is 5. The number of furan rings is 1. The highest BCUT2D eigenvalue weighted by molar-refractivity contribution is 6.32. The molecule has 0 amide bonds. The molecule has 1 aromatic carbocycles. The van der Waals surface area contributed by atoms with Gasteiger partial charge in [-0.15, -0.1) is 0 Å². The fourth-order valence-corrected chi connectivity index (χ4v) is 1.82. The standard InChI is InChI=1S/C14H7ClN2O4/c15-12-3-1-10(6-13(12)17(19)20)14-4-2-11(21-14)5-9(7-16)8-18/h1-6,8H/b9-5+. The average molecular weight is 303 g/mol. The molecule has 0 aliphatic heterocycles. The topological polar surface area (TPSA) is 97.1 Å². The first kappa shape index (κ1) is 14.5. The number of rotatable bonds is 4. The van der Waals surface area contributed by atoms with Crippen LogP contribution in [0, 0.1) is 21.4 Å². The Labute approximate surface area is 124 Å². The number of aldehydes is 1. The summed E-state index contributed by atoms with van der Waals surface area (Å²) in [6.07, 6.45) is 1.69. The zero-order valence-corrected chi connectivity index (χ0v) is 11.2. The van der Waals surface area contributed by atoms with Gasteiger partial charge in [-0.05, 0) is 24.3 Å². The molecule has 0 atom stereocenters. The third-order valence-corrected chi connectivity index (χ3v) is 2.93. The number of carbonyl (C=O) groups is 1. The van der Waals surface area contributed by atoms with E-state index in [1.807, 2.05) is 0 Å². The van der Waals surface area contributed by atoms with Crippen LogP contribution in [0.15, 0.2) is 40.3 Å². The summed E-state index contributed by atoms with van der Waals surface area (Å²) in [5, 5.41) is 19.5. The maximum absolute atomic E-state index is 10.8. The quantitative estimate of drug-likeness (QED) is 0.282. The highest BCUT2D eigenvalue weighted by Crippen LogP contribution is 2.31. The monoisotopic (exact) mass is 302 g/mol. The second-order valence-corrected chi connectivity index (χ2v) is 4.36. The maximum Gasteiger partial charge on any atom is 0.288 e. The Morgan fingerprint density at radius 2 is 2.14 bits per heavy atom. The first-order chi connectivity index (χ1) is 10.0. The smallest absolute Gasteiger partial charge is 0.288 e. The Kier molecular flexibility index (Phi) is 4.16. The van der Waals surface area contributed by atoms with Crippen molar-refractivity contribution in [2.24, 2.45) is 0 Å². The average Bonchev–Trinajstić information content (AvgIpc) is 2.93. The minimum atomic E-state index is -0.588. The number of allylic oxidation sites excluding steroid dienone is 1. The molecular weight excluding hydrogens is 296 g/mol. The summed E-state index contributed by atoms with van der Waals surface area (Å²) in [5.41, 5.74) is 0.154. The van der Waals surface area contributed by atoms with Gasteiger partial charge in [0.05, 0.1) is 10.5 Å². The van der Waals surface area contributed by atoms with Crippen molar-refractivity contribution in [1.82, 2.24) is 0 Å². The molecule has 2 aromatic rings. The van der Waals surface area contributed by atoms with Gasteiger partial charge in [-0.25, -0.2) is 0 Å². The third kappa shape index (κ3) is 3.16. The number of nitro benzene ring substituents is 1. The normalized spacial score (nSPS) is 11.0. The van der Waals surface area contributed by atoms with Gasteiger partial charge >= 0.3 is 0 Å². The Bertz CT molecular complexity index is 787. The lowest BCUT2D eigenvalue weighted by Gasteiger charge is -1.99. The van der Waals surface area contributed by atoms with Crippen molar-refractivity contribution in [3.05, 3.63) is 56.8 Å². The lowest BCUT2D eigenvalue weighted by molar-refractivity contribution is -0.384. The van der Waals surface area contributed by atoms with Gasteiger partial charge in [0.2, 0.25) is 0 Å². The van der Waals surface area contributed by atoms with E-state index in [9.17, 15) is 14.9 Å². The van der Waals surface area contributed by atoms with Crippen molar-refractivity contribution in [2.75, 3.05) is 0 Å². The van der Waals surface area contributed by atoms with Crippen LogP contribution in [0.5, 0.6) is 0 Å². The van der Waals surface area contributed by atoms with Crippen molar-refractivity contribution in [3.8, 4) is 17.4 Å². The minimum absolute atomic E-state index is 0.0307. The number of nitro groups is 1. The summed E-state index contributed by atoms with van der Waals surface area (Å²) in [7, 11) is 0. The number of benzene rings is 1. The first-order valence-corrected chi connectivity index (χ1v) is 6.04. The molecule has 7 heteroatoms. The molecule has 0 fully saturated rings. The molecule has 1 heterocycles. The van der Waals surface area contributed by atoms with Crippen molar-refractivity contribution in [2.45, 2.75) is 0 Å². The lowest BCUT2D eigenvalue weighted by Crippen LogP contribution is -1.89. The molecule has 6 nitrogen and oxygen atoms in total. The Morgan fingerprint density at radius 1 is 1.38 bits per heavy atom. The van der Waals surface area contributed by atoms with Crippen molar-refractivity contribution >= 4 is 29.7 Å². The van der Waals surface area contributed by atoms with Gasteiger partial charge in [-0.2, -0.15) is 5.26 Å². The summed E-state index contributed by atoms with van der Waals surface area (Å²) >= 11 is 5.73. The molecule has 0 aliphatic carbocycles. The summed E-state index contributed by atoms with van der Waals surface area (Å²) in [6.45, 7) is 0. The number of nitriles is 1. The minimum Gasteiger partial charge on any atom is -0.457 e. The van der Waals surface area contributed by atoms with Gasteiger partial charge in [-0.3, -0.25) is 14.9 Å². The molecule has 0 N–H and O–H groups in total. The maximum atomic E-state index is 10.8. The summed E-state index contributed by atoms with van der Waals surface area (Å²) in [5.74, 6) is 0.662. The van der Waals surface area contributed by atoms with Gasteiger partial charge in [0.1, 0.15) is 22.6 Å². The Balaban J connectivity index is 2.41.